The molecular formula is C11H15ClN2OS. The number of amides is 1. The Morgan fingerprint density at radius 1 is 1.62 bits per heavy atom. The van der Waals surface area contributed by atoms with Gasteiger partial charge in [-0.05, 0) is 37.6 Å². The fourth-order valence-corrected chi connectivity index (χ4v) is 2.85. The Kier molecular flexibility index (Phi) is 3.84. The number of rotatable bonds is 2. The maximum atomic E-state index is 11.9. The largest absolute Gasteiger partial charge is 0.348 e. The van der Waals surface area contributed by atoms with Crippen molar-refractivity contribution in [2.75, 3.05) is 13.1 Å². The van der Waals surface area contributed by atoms with Gasteiger partial charge >= 0.3 is 0 Å². The molecule has 0 bridgehead atoms. The molecular weight excluding hydrogens is 244 g/mol. The second kappa shape index (κ2) is 5.17. The molecule has 88 valence electrons. The molecule has 0 aliphatic carbocycles. The van der Waals surface area contributed by atoms with Crippen molar-refractivity contribution in [2.24, 2.45) is 5.92 Å². The zero-order valence-corrected chi connectivity index (χ0v) is 10.7. The van der Waals surface area contributed by atoms with Crippen LogP contribution in [-0.2, 0) is 0 Å². The molecule has 2 atom stereocenters. The van der Waals surface area contributed by atoms with Crippen LogP contribution in [0.15, 0.2) is 12.1 Å². The van der Waals surface area contributed by atoms with Crippen LogP contribution in [0.4, 0.5) is 0 Å². The minimum atomic E-state index is -0.00403. The van der Waals surface area contributed by atoms with Crippen LogP contribution in [0.3, 0.4) is 0 Å². The van der Waals surface area contributed by atoms with Crippen LogP contribution < -0.4 is 10.6 Å². The van der Waals surface area contributed by atoms with Gasteiger partial charge in [-0.25, -0.2) is 0 Å². The lowest BCUT2D eigenvalue weighted by atomic mass is 9.95. The number of carbonyl (C=O) groups excluding carboxylic acids is 1. The van der Waals surface area contributed by atoms with Crippen LogP contribution in [-0.4, -0.2) is 25.0 Å². The summed E-state index contributed by atoms with van der Waals surface area (Å²) in [7, 11) is 0. The van der Waals surface area contributed by atoms with Crippen molar-refractivity contribution in [1.82, 2.24) is 10.6 Å². The van der Waals surface area contributed by atoms with Crippen molar-refractivity contribution in [3.05, 3.63) is 21.3 Å². The average molecular weight is 259 g/mol. The van der Waals surface area contributed by atoms with Gasteiger partial charge in [0, 0.05) is 6.04 Å². The minimum Gasteiger partial charge on any atom is -0.348 e. The van der Waals surface area contributed by atoms with Crippen molar-refractivity contribution in [3.63, 3.8) is 0 Å². The highest BCUT2D eigenvalue weighted by atomic mass is 35.5. The molecule has 2 heterocycles. The average Bonchev–Trinajstić information content (AvgIpc) is 2.68. The van der Waals surface area contributed by atoms with Crippen molar-refractivity contribution in [2.45, 2.75) is 19.4 Å². The number of piperidine rings is 1. The number of thiophene rings is 1. The van der Waals surface area contributed by atoms with Crippen LogP contribution in [0.5, 0.6) is 0 Å². The molecule has 16 heavy (non-hydrogen) atoms. The summed E-state index contributed by atoms with van der Waals surface area (Å²) in [5, 5.41) is 6.38. The van der Waals surface area contributed by atoms with E-state index in [1.54, 1.807) is 12.1 Å². The molecule has 2 unspecified atom stereocenters. The van der Waals surface area contributed by atoms with E-state index in [9.17, 15) is 4.79 Å². The molecule has 0 aromatic carbocycles. The number of nitrogens with one attached hydrogen (secondary N) is 2. The van der Waals surface area contributed by atoms with Gasteiger partial charge in [-0.2, -0.15) is 0 Å². The van der Waals surface area contributed by atoms with Gasteiger partial charge in [-0.15, -0.1) is 11.3 Å². The third-order valence-electron chi connectivity index (χ3n) is 2.90. The molecule has 2 rings (SSSR count). The summed E-state index contributed by atoms with van der Waals surface area (Å²) in [6.45, 7) is 4.09. The molecule has 1 aliphatic rings. The highest BCUT2D eigenvalue weighted by molar-refractivity contribution is 7.17. The highest BCUT2D eigenvalue weighted by Crippen LogP contribution is 2.22. The first-order valence-corrected chi connectivity index (χ1v) is 6.63. The lowest BCUT2D eigenvalue weighted by Crippen LogP contribution is -2.48. The van der Waals surface area contributed by atoms with Gasteiger partial charge in [0.2, 0.25) is 0 Å². The molecule has 2 N–H and O–H groups in total. The highest BCUT2D eigenvalue weighted by Gasteiger charge is 2.23. The van der Waals surface area contributed by atoms with Gasteiger partial charge in [-0.1, -0.05) is 18.5 Å². The summed E-state index contributed by atoms with van der Waals surface area (Å²) in [6, 6.07) is 3.80. The minimum absolute atomic E-state index is 0.00403. The summed E-state index contributed by atoms with van der Waals surface area (Å²) in [5.41, 5.74) is 0. The maximum absolute atomic E-state index is 11.9. The zero-order valence-electron chi connectivity index (χ0n) is 9.13. The van der Waals surface area contributed by atoms with E-state index in [0.717, 1.165) is 19.5 Å². The fraction of sp³-hybridized carbons (Fsp3) is 0.545. The predicted octanol–water partition coefficient (Wildman–Crippen LogP) is 2.13. The smallest absolute Gasteiger partial charge is 0.261 e. The summed E-state index contributed by atoms with van der Waals surface area (Å²) in [4.78, 5) is 12.6. The van der Waals surface area contributed by atoms with E-state index in [0.29, 0.717) is 15.1 Å². The Morgan fingerprint density at radius 2 is 2.44 bits per heavy atom. The van der Waals surface area contributed by atoms with E-state index in [2.05, 4.69) is 17.6 Å². The van der Waals surface area contributed by atoms with E-state index in [4.69, 9.17) is 11.6 Å². The molecule has 1 saturated heterocycles. The monoisotopic (exact) mass is 258 g/mol. The fourth-order valence-electron chi connectivity index (χ4n) is 1.90. The first-order chi connectivity index (χ1) is 7.66. The van der Waals surface area contributed by atoms with Gasteiger partial charge in [-0.3, -0.25) is 4.79 Å². The van der Waals surface area contributed by atoms with Gasteiger partial charge < -0.3 is 10.6 Å². The molecule has 1 amide bonds. The SMILES string of the molecule is CC1CNCCC1NC(=O)c1ccc(Cl)s1. The molecule has 0 radical (unpaired) electrons. The molecule has 1 aliphatic heterocycles. The van der Waals surface area contributed by atoms with Crippen LogP contribution >= 0.6 is 22.9 Å². The predicted molar refractivity (Wildman–Crippen MR) is 67.2 cm³/mol. The quantitative estimate of drug-likeness (QED) is 0.853. The van der Waals surface area contributed by atoms with Crippen LogP contribution in [0.1, 0.15) is 23.0 Å². The lowest BCUT2D eigenvalue weighted by Gasteiger charge is -2.30. The van der Waals surface area contributed by atoms with Crippen LogP contribution in [0.2, 0.25) is 4.34 Å². The molecule has 1 aromatic rings. The number of hydrogen-bond donors (Lipinski definition) is 2. The maximum Gasteiger partial charge on any atom is 0.261 e. The van der Waals surface area contributed by atoms with E-state index >= 15 is 0 Å². The van der Waals surface area contributed by atoms with E-state index < -0.39 is 0 Å². The van der Waals surface area contributed by atoms with Crippen molar-refractivity contribution < 1.29 is 4.79 Å². The van der Waals surface area contributed by atoms with Gasteiger partial charge in [0.25, 0.3) is 5.91 Å². The van der Waals surface area contributed by atoms with E-state index in [1.807, 2.05) is 0 Å². The number of hydrogen-bond acceptors (Lipinski definition) is 3. The number of carbonyl (C=O) groups is 1. The van der Waals surface area contributed by atoms with Crippen LogP contribution in [0.25, 0.3) is 0 Å². The van der Waals surface area contributed by atoms with E-state index in [-0.39, 0.29) is 11.9 Å². The summed E-state index contributed by atoms with van der Waals surface area (Å²) in [5.74, 6) is 0.476. The Hall–Kier alpha value is -0.580. The standard InChI is InChI=1S/C11H15ClN2OS/c1-7-6-13-5-4-8(7)14-11(15)9-2-3-10(12)16-9/h2-3,7-8,13H,4-6H2,1H3,(H,14,15). The first-order valence-electron chi connectivity index (χ1n) is 5.44. The summed E-state index contributed by atoms with van der Waals surface area (Å²) < 4.78 is 0.656. The molecule has 3 nitrogen and oxygen atoms in total. The third kappa shape index (κ3) is 2.75. The molecule has 0 spiro atoms. The Morgan fingerprint density at radius 3 is 3.06 bits per heavy atom. The molecule has 5 heteroatoms. The third-order valence-corrected chi connectivity index (χ3v) is 4.13. The summed E-state index contributed by atoms with van der Waals surface area (Å²) in [6.07, 6.45) is 0.992. The van der Waals surface area contributed by atoms with Crippen molar-refractivity contribution in [3.8, 4) is 0 Å². The zero-order chi connectivity index (χ0) is 11.5. The molecule has 1 fully saturated rings. The van der Waals surface area contributed by atoms with Gasteiger partial charge in [0.1, 0.15) is 0 Å². The topological polar surface area (TPSA) is 41.1 Å². The Labute approximate surface area is 104 Å². The lowest BCUT2D eigenvalue weighted by molar-refractivity contribution is 0.0918. The van der Waals surface area contributed by atoms with Crippen LogP contribution in [0, 0.1) is 5.92 Å². The first kappa shape index (κ1) is 11.9. The van der Waals surface area contributed by atoms with E-state index in [1.165, 1.54) is 11.3 Å². The van der Waals surface area contributed by atoms with Gasteiger partial charge in [0.15, 0.2) is 0 Å². The second-order valence-electron chi connectivity index (χ2n) is 4.15. The normalized spacial score (nSPS) is 25.4. The van der Waals surface area contributed by atoms with Crippen molar-refractivity contribution in [1.29, 1.82) is 0 Å². The number of halogens is 1. The molecule has 0 saturated carbocycles. The summed E-state index contributed by atoms with van der Waals surface area (Å²) >= 11 is 7.13. The Bertz CT molecular complexity index is 380. The Balaban J connectivity index is 1.96. The molecule has 1 aromatic heterocycles. The van der Waals surface area contributed by atoms with Gasteiger partial charge in [0.05, 0.1) is 9.21 Å². The van der Waals surface area contributed by atoms with Crippen molar-refractivity contribution >= 4 is 28.8 Å². The second-order valence-corrected chi connectivity index (χ2v) is 5.87.